The maximum atomic E-state index is 13.0. The van der Waals surface area contributed by atoms with Crippen molar-refractivity contribution in [2.75, 3.05) is 18.5 Å². The zero-order valence-electron chi connectivity index (χ0n) is 24.7. The second-order valence-corrected chi connectivity index (χ2v) is 18.1. The van der Waals surface area contributed by atoms with E-state index in [0.717, 1.165) is 5.56 Å². The van der Waals surface area contributed by atoms with Crippen LogP contribution in [0.15, 0.2) is 40.7 Å². The Balaban J connectivity index is 2.06. The Kier molecular flexibility index (Phi) is 8.35. The molecule has 2 N–H and O–H groups in total. The average molecular weight is 549 g/mol. The molecule has 0 spiro atoms. The number of carbonyl (C=O) groups is 1. The van der Waals surface area contributed by atoms with Crippen molar-refractivity contribution in [3.63, 3.8) is 0 Å². The summed E-state index contributed by atoms with van der Waals surface area (Å²) >= 11 is 0. The summed E-state index contributed by atoms with van der Waals surface area (Å²) in [5.74, 6) is -0.0243. The lowest BCUT2D eigenvalue weighted by molar-refractivity contribution is 0.0440. The highest BCUT2D eigenvalue weighted by Crippen LogP contribution is 2.39. The van der Waals surface area contributed by atoms with Crippen LogP contribution in [0.1, 0.15) is 59.9 Å². The number of nitriles is 2. The molecule has 0 atom stereocenters. The molecule has 0 fully saturated rings. The molecule has 39 heavy (non-hydrogen) atoms. The molecule has 9 nitrogen and oxygen atoms in total. The number of allylic oxidation sites excluding steroid dienone is 4. The van der Waals surface area contributed by atoms with Crippen molar-refractivity contribution >= 4 is 30.9 Å². The van der Waals surface area contributed by atoms with Gasteiger partial charge >= 0.3 is 6.09 Å². The summed E-state index contributed by atoms with van der Waals surface area (Å²) in [7, 11) is -1.55. The smallest absolute Gasteiger partial charge is 0.435 e. The number of benzene rings is 1. The molecule has 2 aromatic rings. The summed E-state index contributed by atoms with van der Waals surface area (Å²) in [5, 5.41) is 31.4. The van der Waals surface area contributed by atoms with Gasteiger partial charge in [-0.3, -0.25) is 0 Å². The van der Waals surface area contributed by atoms with Crippen LogP contribution in [0.5, 0.6) is 0 Å². The van der Waals surface area contributed by atoms with E-state index in [1.807, 2.05) is 26.0 Å². The molecule has 0 saturated heterocycles. The summed E-state index contributed by atoms with van der Waals surface area (Å²) in [6, 6.07) is 10.1. The van der Waals surface area contributed by atoms with Gasteiger partial charge in [0.15, 0.2) is 5.82 Å². The molecule has 0 bridgehead atoms. The van der Waals surface area contributed by atoms with Crippen LogP contribution in [0.2, 0.25) is 19.6 Å². The largest absolute Gasteiger partial charge is 0.442 e. The predicted octanol–water partition coefficient (Wildman–Crippen LogP) is 6.19. The first-order valence-electron chi connectivity index (χ1n) is 13.1. The molecule has 0 radical (unpaired) electrons. The molecule has 1 aliphatic rings. The second kappa shape index (κ2) is 10.9. The number of nitrogens with one attached hydrogen (secondary N) is 2. The molecule has 1 aromatic carbocycles. The molecule has 10 heteroatoms. The van der Waals surface area contributed by atoms with Gasteiger partial charge in [0.1, 0.15) is 5.60 Å². The molecule has 208 valence electrons. The molecule has 2 heterocycles. The van der Waals surface area contributed by atoms with Gasteiger partial charge in [-0.05, 0) is 66.2 Å². The summed E-state index contributed by atoms with van der Waals surface area (Å²) < 4.78 is 13.1. The average Bonchev–Trinajstić information content (AvgIpc) is 3.17. The maximum Gasteiger partial charge on any atom is 0.435 e. The van der Waals surface area contributed by atoms with Gasteiger partial charge in [-0.15, -0.1) is 5.10 Å². The van der Waals surface area contributed by atoms with Gasteiger partial charge in [0.2, 0.25) is 0 Å². The lowest BCUT2D eigenvalue weighted by Gasteiger charge is -2.37. The Morgan fingerprint density at radius 3 is 2.21 bits per heavy atom. The third kappa shape index (κ3) is 6.35. The summed E-state index contributed by atoms with van der Waals surface area (Å²) in [6.45, 7) is 21.1. The highest BCUT2D eigenvalue weighted by molar-refractivity contribution is 6.78. The third-order valence-corrected chi connectivity index (χ3v) is 11.0. The van der Waals surface area contributed by atoms with Crippen molar-refractivity contribution in [1.29, 1.82) is 10.5 Å². The number of rotatable bonds is 7. The van der Waals surface area contributed by atoms with Gasteiger partial charge < -0.3 is 20.1 Å². The van der Waals surface area contributed by atoms with Gasteiger partial charge in [0, 0.05) is 23.3 Å². The number of hydrogen-bond acceptors (Lipinski definition) is 8. The van der Waals surface area contributed by atoms with Crippen molar-refractivity contribution in [1.82, 2.24) is 15.1 Å². The van der Waals surface area contributed by atoms with Crippen LogP contribution in [0, 0.1) is 22.7 Å². The van der Waals surface area contributed by atoms with Crippen molar-refractivity contribution in [3.05, 3.63) is 46.3 Å². The Labute approximate surface area is 232 Å². The Morgan fingerprint density at radius 2 is 1.69 bits per heavy atom. The summed E-state index contributed by atoms with van der Waals surface area (Å²) in [5.41, 5.74) is 3.01. The lowest BCUT2D eigenvalue weighted by atomic mass is 9.81. The van der Waals surface area contributed by atoms with E-state index in [0.29, 0.717) is 52.4 Å². The fourth-order valence-corrected chi connectivity index (χ4v) is 4.74. The number of fused-ring (bicyclic) bond motifs is 1. The first kappa shape index (κ1) is 29.9. The molecular formula is C29H40N6O3Si. The van der Waals surface area contributed by atoms with Gasteiger partial charge in [0.05, 0.1) is 54.6 Å². The Morgan fingerprint density at radius 1 is 1.10 bits per heavy atom. The second-order valence-electron chi connectivity index (χ2n) is 12.4. The van der Waals surface area contributed by atoms with E-state index in [-0.39, 0.29) is 5.22 Å². The topological polar surface area (TPSA) is 125 Å². The van der Waals surface area contributed by atoms with Crippen LogP contribution in [0.25, 0.3) is 10.9 Å². The van der Waals surface area contributed by atoms with Crippen molar-refractivity contribution in [2.45, 2.75) is 84.9 Å². The first-order chi connectivity index (χ1) is 18.0. The quantitative estimate of drug-likeness (QED) is 0.310. The SMILES string of the molecule is CC1=C(C#N)C(c2ccc3c(c2)c(NCCOC(C)(C)[Si](C)(C)C)nn3C(=O)OC(C)(C)C)C(C#N)=C(C)N1. The summed E-state index contributed by atoms with van der Waals surface area (Å²) in [6.07, 6.45) is -0.590. The number of nitrogens with zero attached hydrogens (tertiary/aromatic N) is 4. The van der Waals surface area contributed by atoms with Crippen molar-refractivity contribution in [2.24, 2.45) is 0 Å². The van der Waals surface area contributed by atoms with Crippen molar-refractivity contribution < 1.29 is 14.3 Å². The summed E-state index contributed by atoms with van der Waals surface area (Å²) in [4.78, 5) is 13.0. The number of dihydropyridines is 1. The Hall–Kier alpha value is -3.60. The van der Waals surface area contributed by atoms with E-state index in [1.165, 1.54) is 4.68 Å². The van der Waals surface area contributed by atoms with Gasteiger partial charge in [-0.1, -0.05) is 25.7 Å². The lowest BCUT2D eigenvalue weighted by Crippen LogP contribution is -2.50. The molecule has 0 amide bonds. The van der Waals surface area contributed by atoms with Crippen LogP contribution in [-0.2, 0) is 9.47 Å². The van der Waals surface area contributed by atoms with Gasteiger partial charge in [0.25, 0.3) is 0 Å². The van der Waals surface area contributed by atoms with E-state index >= 15 is 0 Å². The van der Waals surface area contributed by atoms with E-state index in [2.05, 4.69) is 61.4 Å². The predicted molar refractivity (Wildman–Crippen MR) is 156 cm³/mol. The highest BCUT2D eigenvalue weighted by atomic mass is 28.3. The minimum absolute atomic E-state index is 0.204. The van der Waals surface area contributed by atoms with Gasteiger partial charge in [-0.2, -0.15) is 15.2 Å². The van der Waals surface area contributed by atoms with E-state index in [4.69, 9.17) is 9.47 Å². The standard InChI is InChI=1S/C29H40N6O3Si/c1-18-22(16-30)25(23(17-31)19(2)33-18)20-11-12-24-21(15-20)26(34-35(24)27(36)38-28(3,4)5)32-13-14-37-29(6,7)39(8,9)10/h11-12,15,25,33H,13-14H2,1-10H3,(H,32,34). The third-order valence-electron chi connectivity index (χ3n) is 7.27. The van der Waals surface area contributed by atoms with Crippen LogP contribution < -0.4 is 10.6 Å². The van der Waals surface area contributed by atoms with E-state index < -0.39 is 25.7 Å². The molecular weight excluding hydrogens is 508 g/mol. The minimum Gasteiger partial charge on any atom is -0.442 e. The van der Waals surface area contributed by atoms with E-state index in [1.54, 1.807) is 26.8 Å². The fourth-order valence-electron chi connectivity index (χ4n) is 4.21. The number of hydrogen-bond donors (Lipinski definition) is 2. The van der Waals surface area contributed by atoms with E-state index in [9.17, 15) is 15.3 Å². The first-order valence-corrected chi connectivity index (χ1v) is 16.6. The van der Waals surface area contributed by atoms with Gasteiger partial charge in [-0.25, -0.2) is 4.79 Å². The number of anilines is 1. The Bertz CT molecular complexity index is 1390. The fraction of sp³-hybridized carbons (Fsp3) is 0.517. The molecule has 1 aromatic heterocycles. The van der Waals surface area contributed by atoms with Crippen LogP contribution in [0.4, 0.5) is 10.6 Å². The molecule has 3 rings (SSSR count). The number of ether oxygens (including phenoxy) is 2. The zero-order valence-corrected chi connectivity index (χ0v) is 25.7. The number of aromatic nitrogens is 2. The zero-order chi connectivity index (χ0) is 29.3. The number of carbonyl (C=O) groups excluding carboxylic acids is 1. The highest BCUT2D eigenvalue weighted by Gasteiger charge is 2.35. The maximum absolute atomic E-state index is 13.0. The molecule has 0 aliphatic carbocycles. The minimum atomic E-state index is -1.55. The normalized spacial score (nSPS) is 15.2. The van der Waals surface area contributed by atoms with Crippen LogP contribution >= 0.6 is 0 Å². The monoisotopic (exact) mass is 548 g/mol. The molecule has 0 unspecified atom stereocenters. The molecule has 1 aliphatic heterocycles. The molecule has 0 saturated carbocycles. The van der Waals surface area contributed by atoms with Crippen LogP contribution in [0.3, 0.4) is 0 Å². The van der Waals surface area contributed by atoms with Crippen LogP contribution in [-0.4, -0.2) is 47.9 Å². The van der Waals surface area contributed by atoms with Crippen molar-refractivity contribution in [3.8, 4) is 12.1 Å².